The molecule has 17 heavy (non-hydrogen) atoms. The molecule has 0 aliphatic rings. The number of thioether (sulfide) groups is 1. The van der Waals surface area contributed by atoms with Crippen molar-refractivity contribution in [1.29, 1.82) is 0 Å². The van der Waals surface area contributed by atoms with Crippen LogP contribution in [0.1, 0.15) is 39.3 Å². The molecule has 1 rings (SSSR count). The van der Waals surface area contributed by atoms with E-state index < -0.39 is 0 Å². The highest BCUT2D eigenvalue weighted by atomic mass is 32.2. The summed E-state index contributed by atoms with van der Waals surface area (Å²) in [7, 11) is 0. The van der Waals surface area contributed by atoms with Crippen molar-refractivity contribution in [2.45, 2.75) is 38.5 Å². The predicted molar refractivity (Wildman–Crippen MR) is 79.6 cm³/mol. The second-order valence-corrected chi connectivity index (χ2v) is 6.99. The van der Waals surface area contributed by atoms with Crippen molar-refractivity contribution < 1.29 is 0 Å². The first-order valence-corrected chi connectivity index (χ1v) is 7.52. The van der Waals surface area contributed by atoms with Crippen LogP contribution < -0.4 is 5.32 Å². The van der Waals surface area contributed by atoms with Crippen molar-refractivity contribution in [3.05, 3.63) is 35.9 Å². The molecule has 0 saturated heterocycles. The zero-order valence-electron chi connectivity index (χ0n) is 11.7. The first kappa shape index (κ1) is 14.6. The van der Waals surface area contributed by atoms with Gasteiger partial charge in [0.1, 0.15) is 0 Å². The Morgan fingerprint density at radius 3 is 2.24 bits per heavy atom. The Labute approximate surface area is 110 Å². The third-order valence-corrected chi connectivity index (χ3v) is 4.38. The third-order valence-electron chi connectivity index (χ3n) is 3.13. The van der Waals surface area contributed by atoms with Crippen LogP contribution in [0.3, 0.4) is 0 Å². The molecule has 1 N–H and O–H groups in total. The Bertz CT molecular complexity index is 319. The van der Waals surface area contributed by atoms with E-state index in [9.17, 15) is 0 Å². The standard InChI is InChI=1S/C15H25NS/c1-12(2)14(13-9-7-6-8-10-13)16-11-15(3,4)17-5/h6-10,12,14,16H,11H2,1-5H3. The molecule has 0 heterocycles. The number of hydrogen-bond donors (Lipinski definition) is 1. The van der Waals surface area contributed by atoms with E-state index in [-0.39, 0.29) is 0 Å². The molecule has 2 heteroatoms. The van der Waals surface area contributed by atoms with Gasteiger partial charge in [-0.05, 0) is 31.6 Å². The normalized spacial score (nSPS) is 14.0. The highest BCUT2D eigenvalue weighted by molar-refractivity contribution is 7.99. The van der Waals surface area contributed by atoms with E-state index >= 15 is 0 Å². The molecule has 0 amide bonds. The van der Waals surface area contributed by atoms with Gasteiger partial charge in [0.2, 0.25) is 0 Å². The first-order valence-electron chi connectivity index (χ1n) is 6.30. The monoisotopic (exact) mass is 251 g/mol. The van der Waals surface area contributed by atoms with E-state index in [0.29, 0.717) is 16.7 Å². The van der Waals surface area contributed by atoms with Gasteiger partial charge >= 0.3 is 0 Å². The number of benzene rings is 1. The smallest absolute Gasteiger partial charge is 0.0343 e. The Kier molecular flexibility index (Phi) is 5.54. The number of rotatable bonds is 6. The van der Waals surface area contributed by atoms with Gasteiger partial charge in [-0.3, -0.25) is 0 Å². The lowest BCUT2D eigenvalue weighted by Crippen LogP contribution is -2.36. The largest absolute Gasteiger partial charge is 0.308 e. The zero-order chi connectivity index (χ0) is 12.9. The van der Waals surface area contributed by atoms with Gasteiger partial charge in [-0.2, -0.15) is 11.8 Å². The molecular formula is C15H25NS. The fourth-order valence-corrected chi connectivity index (χ4v) is 2.05. The zero-order valence-corrected chi connectivity index (χ0v) is 12.5. The van der Waals surface area contributed by atoms with E-state index in [1.54, 1.807) is 0 Å². The fourth-order valence-electron chi connectivity index (χ4n) is 1.83. The molecule has 0 fully saturated rings. The molecule has 1 nitrogen and oxygen atoms in total. The third kappa shape index (κ3) is 4.72. The second kappa shape index (κ2) is 6.46. The molecule has 0 aliphatic carbocycles. The van der Waals surface area contributed by atoms with Crippen LogP contribution in [-0.2, 0) is 0 Å². The van der Waals surface area contributed by atoms with E-state index in [1.807, 2.05) is 11.8 Å². The maximum Gasteiger partial charge on any atom is 0.0343 e. The summed E-state index contributed by atoms with van der Waals surface area (Å²) in [6, 6.07) is 11.2. The van der Waals surface area contributed by atoms with Crippen molar-refractivity contribution in [3.8, 4) is 0 Å². The van der Waals surface area contributed by atoms with Crippen LogP contribution in [0.5, 0.6) is 0 Å². The van der Waals surface area contributed by atoms with Crippen LogP contribution in [0.4, 0.5) is 0 Å². The van der Waals surface area contributed by atoms with Gasteiger partial charge in [0.05, 0.1) is 0 Å². The van der Waals surface area contributed by atoms with Crippen LogP contribution in [0.15, 0.2) is 30.3 Å². The summed E-state index contributed by atoms with van der Waals surface area (Å²) in [5, 5.41) is 3.71. The summed E-state index contributed by atoms with van der Waals surface area (Å²) in [4.78, 5) is 0. The summed E-state index contributed by atoms with van der Waals surface area (Å²) in [5.74, 6) is 0.607. The summed E-state index contributed by atoms with van der Waals surface area (Å²) < 4.78 is 0.294. The molecule has 1 aromatic rings. The highest BCUT2D eigenvalue weighted by Crippen LogP contribution is 2.25. The van der Waals surface area contributed by atoms with Crippen LogP contribution in [-0.4, -0.2) is 17.5 Å². The van der Waals surface area contributed by atoms with Crippen LogP contribution in [0, 0.1) is 5.92 Å². The fraction of sp³-hybridized carbons (Fsp3) is 0.600. The summed E-state index contributed by atoms with van der Waals surface area (Å²) in [6.45, 7) is 10.2. The van der Waals surface area contributed by atoms with E-state index in [0.717, 1.165) is 6.54 Å². The van der Waals surface area contributed by atoms with Crippen molar-refractivity contribution in [2.75, 3.05) is 12.8 Å². The van der Waals surface area contributed by atoms with Gasteiger partial charge in [0, 0.05) is 17.3 Å². The number of hydrogen-bond acceptors (Lipinski definition) is 2. The van der Waals surface area contributed by atoms with Crippen molar-refractivity contribution >= 4 is 11.8 Å². The van der Waals surface area contributed by atoms with E-state index in [4.69, 9.17) is 0 Å². The average molecular weight is 251 g/mol. The van der Waals surface area contributed by atoms with Gasteiger partial charge in [-0.1, -0.05) is 44.2 Å². The Morgan fingerprint density at radius 1 is 1.18 bits per heavy atom. The lowest BCUT2D eigenvalue weighted by atomic mass is 9.95. The first-order chi connectivity index (χ1) is 7.96. The molecule has 0 radical (unpaired) electrons. The van der Waals surface area contributed by atoms with Crippen LogP contribution in [0.2, 0.25) is 0 Å². The molecular weight excluding hydrogens is 226 g/mol. The van der Waals surface area contributed by atoms with Crippen molar-refractivity contribution in [3.63, 3.8) is 0 Å². The quantitative estimate of drug-likeness (QED) is 0.816. The lowest BCUT2D eigenvalue weighted by molar-refractivity contribution is 0.397. The topological polar surface area (TPSA) is 12.0 Å². The van der Waals surface area contributed by atoms with Crippen molar-refractivity contribution in [2.24, 2.45) is 5.92 Å². The van der Waals surface area contributed by atoms with Gasteiger partial charge < -0.3 is 5.32 Å². The number of nitrogens with one attached hydrogen (secondary N) is 1. The molecule has 0 aromatic heterocycles. The van der Waals surface area contributed by atoms with E-state index in [2.05, 4.69) is 69.6 Å². The molecule has 0 spiro atoms. The average Bonchev–Trinajstić information content (AvgIpc) is 2.30. The molecule has 0 saturated carbocycles. The van der Waals surface area contributed by atoms with Crippen LogP contribution >= 0.6 is 11.8 Å². The summed E-state index contributed by atoms with van der Waals surface area (Å²) >= 11 is 1.91. The molecule has 1 unspecified atom stereocenters. The Hall–Kier alpha value is -0.470. The van der Waals surface area contributed by atoms with Crippen molar-refractivity contribution in [1.82, 2.24) is 5.32 Å². The molecule has 0 bridgehead atoms. The van der Waals surface area contributed by atoms with Gasteiger partial charge in [-0.25, -0.2) is 0 Å². The highest BCUT2D eigenvalue weighted by Gasteiger charge is 2.20. The van der Waals surface area contributed by atoms with Gasteiger partial charge in [0.15, 0.2) is 0 Å². The summed E-state index contributed by atoms with van der Waals surface area (Å²) in [6.07, 6.45) is 2.18. The van der Waals surface area contributed by atoms with E-state index in [1.165, 1.54) is 5.56 Å². The second-order valence-electron chi connectivity index (χ2n) is 5.48. The minimum absolute atomic E-state index is 0.294. The lowest BCUT2D eigenvalue weighted by Gasteiger charge is -2.29. The SMILES string of the molecule is CSC(C)(C)CNC(c1ccccc1)C(C)C. The minimum atomic E-state index is 0.294. The van der Waals surface area contributed by atoms with Gasteiger partial charge in [-0.15, -0.1) is 0 Å². The summed E-state index contributed by atoms with van der Waals surface area (Å²) in [5.41, 5.74) is 1.39. The Balaban J connectivity index is 2.69. The predicted octanol–water partition coefficient (Wildman–Crippen LogP) is 4.11. The molecule has 1 atom stereocenters. The molecule has 1 aromatic carbocycles. The Morgan fingerprint density at radius 2 is 1.76 bits per heavy atom. The minimum Gasteiger partial charge on any atom is -0.308 e. The molecule has 96 valence electrons. The van der Waals surface area contributed by atoms with Crippen LogP contribution in [0.25, 0.3) is 0 Å². The maximum atomic E-state index is 3.71. The van der Waals surface area contributed by atoms with Gasteiger partial charge in [0.25, 0.3) is 0 Å². The molecule has 0 aliphatic heterocycles. The maximum absolute atomic E-state index is 3.71.